The molecule has 3 aromatic rings. The highest BCUT2D eigenvalue weighted by Gasteiger charge is 2.17. The summed E-state index contributed by atoms with van der Waals surface area (Å²) in [5, 5.41) is 4.49. The molecule has 0 aliphatic rings. The maximum Gasteiger partial charge on any atom is 0.143 e. The molecule has 0 saturated carbocycles. The molecule has 0 aliphatic carbocycles. The van der Waals surface area contributed by atoms with E-state index < -0.39 is 0 Å². The van der Waals surface area contributed by atoms with Gasteiger partial charge in [-0.15, -0.1) is 0 Å². The summed E-state index contributed by atoms with van der Waals surface area (Å²) < 4.78 is 5.41. The number of rotatable bonds is 8. The zero-order chi connectivity index (χ0) is 16.9. The van der Waals surface area contributed by atoms with Crippen molar-refractivity contribution in [2.24, 2.45) is 5.73 Å². The van der Waals surface area contributed by atoms with Crippen LogP contribution in [0.15, 0.2) is 22.8 Å². The Bertz CT molecular complexity index is 791. The van der Waals surface area contributed by atoms with E-state index in [-0.39, 0.29) is 0 Å². The number of nitrogens with two attached hydrogens (primary N) is 1. The molecule has 0 bridgehead atoms. The van der Waals surface area contributed by atoms with E-state index in [1.165, 1.54) is 11.3 Å². The van der Waals surface area contributed by atoms with Crippen molar-refractivity contribution in [1.82, 2.24) is 15.0 Å². The number of aromatic nitrogens is 3. The highest BCUT2D eigenvalue weighted by Crippen LogP contribution is 2.29. The van der Waals surface area contributed by atoms with Gasteiger partial charge in [-0.3, -0.25) is 0 Å². The van der Waals surface area contributed by atoms with Crippen molar-refractivity contribution >= 4 is 16.9 Å². The first-order valence-electron chi connectivity index (χ1n) is 8.57. The van der Waals surface area contributed by atoms with Gasteiger partial charge in [-0.1, -0.05) is 13.3 Å². The Morgan fingerprint density at radius 2 is 2.17 bits per heavy atom. The molecule has 0 unspecified atom stereocenters. The molecule has 6 heteroatoms. The molecule has 0 fully saturated rings. The third-order valence-electron chi connectivity index (χ3n) is 4.14. The zero-order valence-corrected chi connectivity index (χ0v) is 14.4. The molecule has 0 amide bonds. The van der Waals surface area contributed by atoms with Gasteiger partial charge < -0.3 is 20.5 Å². The summed E-state index contributed by atoms with van der Waals surface area (Å²) in [6.07, 6.45) is 5.80. The molecule has 0 saturated heterocycles. The summed E-state index contributed by atoms with van der Waals surface area (Å²) in [4.78, 5) is 12.7. The number of unbranched alkanes of at least 4 members (excludes halogenated alkanes) is 1. The predicted octanol–water partition coefficient (Wildman–Crippen LogP) is 3.32. The van der Waals surface area contributed by atoms with Crippen LogP contribution in [0.3, 0.4) is 0 Å². The van der Waals surface area contributed by atoms with Crippen LogP contribution in [-0.4, -0.2) is 21.5 Å². The number of nitrogens with one attached hydrogen (secondary N) is 2. The Hall–Kier alpha value is -2.34. The Kier molecular flexibility index (Phi) is 5.15. The molecule has 0 aliphatic heterocycles. The quantitative estimate of drug-likeness (QED) is 0.590. The Labute approximate surface area is 141 Å². The number of hydrogen-bond acceptors (Lipinski definition) is 5. The van der Waals surface area contributed by atoms with E-state index in [0.29, 0.717) is 13.1 Å². The van der Waals surface area contributed by atoms with Crippen molar-refractivity contribution in [2.45, 2.75) is 46.1 Å². The summed E-state index contributed by atoms with van der Waals surface area (Å²) in [6, 6.07) is 3.84. The highest BCUT2D eigenvalue weighted by atomic mass is 16.3. The molecule has 0 atom stereocenters. The third-order valence-corrected chi connectivity index (χ3v) is 4.14. The van der Waals surface area contributed by atoms with Crippen LogP contribution in [-0.2, 0) is 19.4 Å². The lowest BCUT2D eigenvalue weighted by atomic mass is 10.0. The number of anilines is 1. The summed E-state index contributed by atoms with van der Waals surface area (Å²) in [6.45, 7) is 5.33. The van der Waals surface area contributed by atoms with Crippen molar-refractivity contribution in [2.75, 3.05) is 11.9 Å². The van der Waals surface area contributed by atoms with Crippen LogP contribution < -0.4 is 11.1 Å². The lowest BCUT2D eigenvalue weighted by molar-refractivity contribution is 0.518. The lowest BCUT2D eigenvalue weighted by Crippen LogP contribution is -2.06. The maximum absolute atomic E-state index is 5.79. The van der Waals surface area contributed by atoms with Gasteiger partial charge in [0, 0.05) is 12.1 Å². The monoisotopic (exact) mass is 327 g/mol. The smallest absolute Gasteiger partial charge is 0.143 e. The largest absolute Gasteiger partial charge is 0.467 e. The molecular formula is C18H25N5O. The van der Waals surface area contributed by atoms with Gasteiger partial charge in [-0.05, 0) is 44.0 Å². The topological polar surface area (TPSA) is 92.8 Å². The van der Waals surface area contributed by atoms with Gasteiger partial charge in [-0.2, -0.15) is 0 Å². The normalized spacial score (nSPS) is 11.3. The number of aromatic amines is 1. The molecule has 0 spiro atoms. The zero-order valence-electron chi connectivity index (χ0n) is 14.4. The van der Waals surface area contributed by atoms with Crippen LogP contribution in [0.2, 0.25) is 0 Å². The Balaban J connectivity index is 2.01. The van der Waals surface area contributed by atoms with Crippen LogP contribution in [0.4, 0.5) is 5.82 Å². The van der Waals surface area contributed by atoms with Crippen LogP contribution >= 0.6 is 0 Å². The molecule has 0 radical (unpaired) electrons. The molecule has 0 aromatic carbocycles. The van der Waals surface area contributed by atoms with E-state index >= 15 is 0 Å². The molecule has 24 heavy (non-hydrogen) atoms. The third kappa shape index (κ3) is 3.43. The van der Waals surface area contributed by atoms with Crippen LogP contribution in [0, 0.1) is 6.92 Å². The first kappa shape index (κ1) is 16.5. The number of furan rings is 1. The number of nitrogens with zero attached hydrogens (tertiary/aromatic N) is 2. The van der Waals surface area contributed by atoms with E-state index in [4.69, 9.17) is 10.2 Å². The minimum absolute atomic E-state index is 0.600. The Morgan fingerprint density at radius 1 is 1.29 bits per heavy atom. The first-order chi connectivity index (χ1) is 11.7. The number of H-pyrrole nitrogens is 1. The van der Waals surface area contributed by atoms with Crippen LogP contribution in [0.1, 0.15) is 42.6 Å². The SMILES string of the molecule is CCCCc1c(CCN)[nH]c2nc(C)nc(NCc3ccco3)c12. The van der Waals surface area contributed by atoms with Crippen molar-refractivity contribution in [3.05, 3.63) is 41.2 Å². The van der Waals surface area contributed by atoms with Crippen LogP contribution in [0.5, 0.6) is 0 Å². The van der Waals surface area contributed by atoms with Crippen molar-refractivity contribution in [1.29, 1.82) is 0 Å². The minimum atomic E-state index is 0.600. The second-order valence-electron chi connectivity index (χ2n) is 6.00. The minimum Gasteiger partial charge on any atom is -0.467 e. The number of fused-ring (bicyclic) bond motifs is 1. The number of aryl methyl sites for hydroxylation is 2. The Morgan fingerprint density at radius 3 is 2.88 bits per heavy atom. The van der Waals surface area contributed by atoms with Gasteiger partial charge in [0.1, 0.15) is 23.0 Å². The fourth-order valence-electron chi connectivity index (χ4n) is 3.02. The van der Waals surface area contributed by atoms with E-state index in [1.807, 2.05) is 19.1 Å². The standard InChI is InChI=1S/C18H25N5O/c1-3-4-7-14-15(8-9-19)23-18-16(14)17(21-12(2)22-18)20-11-13-6-5-10-24-13/h5-6,10H,3-4,7-9,11,19H2,1-2H3,(H2,20,21,22,23). The van der Waals surface area contributed by atoms with Gasteiger partial charge in [0.15, 0.2) is 0 Å². The second-order valence-corrected chi connectivity index (χ2v) is 6.00. The summed E-state index contributed by atoms with van der Waals surface area (Å²) in [7, 11) is 0. The van der Waals surface area contributed by atoms with E-state index in [1.54, 1.807) is 6.26 Å². The van der Waals surface area contributed by atoms with Gasteiger partial charge >= 0.3 is 0 Å². The average molecular weight is 327 g/mol. The molecule has 6 nitrogen and oxygen atoms in total. The van der Waals surface area contributed by atoms with Crippen LogP contribution in [0.25, 0.3) is 11.0 Å². The molecule has 4 N–H and O–H groups in total. The van der Waals surface area contributed by atoms with E-state index in [0.717, 1.165) is 54.1 Å². The van der Waals surface area contributed by atoms with Gasteiger partial charge in [0.25, 0.3) is 0 Å². The summed E-state index contributed by atoms with van der Waals surface area (Å²) in [5.41, 5.74) is 9.15. The molecule has 3 rings (SSSR count). The van der Waals surface area contributed by atoms with E-state index in [2.05, 4.69) is 27.2 Å². The van der Waals surface area contributed by atoms with Gasteiger partial charge in [0.05, 0.1) is 18.2 Å². The number of hydrogen-bond donors (Lipinski definition) is 3. The van der Waals surface area contributed by atoms with Crippen molar-refractivity contribution in [3.8, 4) is 0 Å². The van der Waals surface area contributed by atoms with Gasteiger partial charge in [-0.25, -0.2) is 9.97 Å². The fraction of sp³-hybridized carbons (Fsp3) is 0.444. The van der Waals surface area contributed by atoms with Crippen molar-refractivity contribution in [3.63, 3.8) is 0 Å². The first-order valence-corrected chi connectivity index (χ1v) is 8.57. The van der Waals surface area contributed by atoms with Crippen molar-refractivity contribution < 1.29 is 4.42 Å². The lowest BCUT2D eigenvalue weighted by Gasteiger charge is -2.09. The summed E-state index contributed by atoms with van der Waals surface area (Å²) in [5.74, 6) is 2.49. The second kappa shape index (κ2) is 7.49. The van der Waals surface area contributed by atoms with Gasteiger partial charge in [0.2, 0.25) is 0 Å². The molecule has 3 heterocycles. The molecular weight excluding hydrogens is 302 g/mol. The maximum atomic E-state index is 5.79. The average Bonchev–Trinajstić information content (AvgIpc) is 3.18. The summed E-state index contributed by atoms with van der Waals surface area (Å²) >= 11 is 0. The fourth-order valence-corrected chi connectivity index (χ4v) is 3.02. The molecule has 3 aromatic heterocycles. The highest BCUT2D eigenvalue weighted by molar-refractivity contribution is 5.91. The predicted molar refractivity (Wildman–Crippen MR) is 96.0 cm³/mol. The molecule has 128 valence electrons. The van der Waals surface area contributed by atoms with E-state index in [9.17, 15) is 0 Å².